The Morgan fingerprint density at radius 3 is 2.59 bits per heavy atom. The molecular formula is C20H32N2. The van der Waals surface area contributed by atoms with Gasteiger partial charge >= 0.3 is 0 Å². The predicted molar refractivity (Wildman–Crippen MR) is 97.6 cm³/mol. The van der Waals surface area contributed by atoms with Crippen molar-refractivity contribution in [2.24, 2.45) is 0 Å². The van der Waals surface area contributed by atoms with Crippen molar-refractivity contribution in [3.63, 3.8) is 0 Å². The summed E-state index contributed by atoms with van der Waals surface area (Å²) >= 11 is 0. The summed E-state index contributed by atoms with van der Waals surface area (Å²) < 4.78 is 0. The maximum atomic E-state index is 4.18. The molecule has 1 fully saturated rings. The Morgan fingerprint density at radius 2 is 1.95 bits per heavy atom. The lowest BCUT2D eigenvalue weighted by Gasteiger charge is -2.25. The smallest absolute Gasteiger partial charge is 0.0404 e. The van der Waals surface area contributed by atoms with Gasteiger partial charge < -0.3 is 9.80 Å². The minimum atomic E-state index is 0.586. The average Bonchev–Trinajstić information content (AvgIpc) is 3.11. The first-order valence-electron chi connectivity index (χ1n) is 8.95. The molecule has 1 aromatic carbocycles. The maximum Gasteiger partial charge on any atom is 0.0404 e. The summed E-state index contributed by atoms with van der Waals surface area (Å²) in [6.45, 7) is 16.3. The summed E-state index contributed by atoms with van der Waals surface area (Å²) in [6.07, 6.45) is 3.73. The van der Waals surface area contributed by atoms with Crippen LogP contribution in [0, 0.1) is 0 Å². The van der Waals surface area contributed by atoms with Crippen LogP contribution >= 0.6 is 0 Å². The minimum absolute atomic E-state index is 0.586. The van der Waals surface area contributed by atoms with E-state index >= 15 is 0 Å². The molecule has 1 saturated heterocycles. The van der Waals surface area contributed by atoms with Gasteiger partial charge in [0.1, 0.15) is 0 Å². The van der Waals surface area contributed by atoms with E-state index in [1.165, 1.54) is 50.3 Å². The van der Waals surface area contributed by atoms with Crippen molar-refractivity contribution < 1.29 is 0 Å². The second-order valence-electron chi connectivity index (χ2n) is 6.45. The SMILES string of the molecule is C=C1CCCN1CCC1CN(C(C)C)c2ccccc21.CC. The summed E-state index contributed by atoms with van der Waals surface area (Å²) in [5.41, 5.74) is 4.34. The van der Waals surface area contributed by atoms with Gasteiger partial charge in [0.05, 0.1) is 0 Å². The van der Waals surface area contributed by atoms with Gasteiger partial charge in [0.25, 0.3) is 0 Å². The first kappa shape index (κ1) is 16.9. The number of hydrogen-bond donors (Lipinski definition) is 0. The van der Waals surface area contributed by atoms with Gasteiger partial charge in [-0.05, 0) is 44.7 Å². The summed E-state index contributed by atoms with van der Waals surface area (Å²) in [6, 6.07) is 9.54. The monoisotopic (exact) mass is 300 g/mol. The van der Waals surface area contributed by atoms with E-state index in [0.717, 1.165) is 0 Å². The average molecular weight is 300 g/mol. The zero-order chi connectivity index (χ0) is 16.1. The quantitative estimate of drug-likeness (QED) is 0.770. The molecule has 1 atom stereocenters. The number of anilines is 1. The maximum absolute atomic E-state index is 4.18. The van der Waals surface area contributed by atoms with Gasteiger partial charge in [-0.15, -0.1) is 0 Å². The number of para-hydroxylation sites is 1. The van der Waals surface area contributed by atoms with E-state index in [1.807, 2.05) is 13.8 Å². The van der Waals surface area contributed by atoms with Crippen molar-refractivity contribution in [2.45, 2.75) is 58.9 Å². The van der Waals surface area contributed by atoms with Crippen LogP contribution in [0.3, 0.4) is 0 Å². The second-order valence-corrected chi connectivity index (χ2v) is 6.45. The van der Waals surface area contributed by atoms with Crippen molar-refractivity contribution in [2.75, 3.05) is 24.5 Å². The molecule has 2 aliphatic rings. The third kappa shape index (κ3) is 3.48. The zero-order valence-corrected chi connectivity index (χ0v) is 14.8. The van der Waals surface area contributed by atoms with E-state index in [1.54, 1.807) is 5.56 Å². The number of hydrogen-bond acceptors (Lipinski definition) is 2. The van der Waals surface area contributed by atoms with Crippen molar-refractivity contribution in [1.82, 2.24) is 4.90 Å². The van der Waals surface area contributed by atoms with Crippen LogP contribution in [0.15, 0.2) is 36.5 Å². The lowest BCUT2D eigenvalue weighted by atomic mass is 9.98. The Hall–Kier alpha value is -1.44. The standard InChI is InChI=1S/C18H26N2.C2H6/c1-14(2)20-13-16(17-8-4-5-9-18(17)20)10-12-19-11-6-7-15(19)3;1-2/h4-5,8-9,14,16H,3,6-7,10-13H2,1-2H3;1-2H3. The third-order valence-corrected chi connectivity index (χ3v) is 4.81. The van der Waals surface area contributed by atoms with Crippen molar-refractivity contribution in [3.05, 3.63) is 42.1 Å². The zero-order valence-electron chi connectivity index (χ0n) is 14.8. The predicted octanol–water partition coefficient (Wildman–Crippen LogP) is 5.02. The molecule has 0 radical (unpaired) electrons. The van der Waals surface area contributed by atoms with Gasteiger partial charge in [-0.25, -0.2) is 0 Å². The molecule has 2 nitrogen and oxygen atoms in total. The Labute approximate surface area is 136 Å². The van der Waals surface area contributed by atoms with E-state index in [9.17, 15) is 0 Å². The molecule has 3 rings (SSSR count). The summed E-state index contributed by atoms with van der Waals surface area (Å²) in [4.78, 5) is 5.04. The Bertz CT molecular complexity index is 492. The van der Waals surface area contributed by atoms with Gasteiger partial charge in [0, 0.05) is 43.0 Å². The van der Waals surface area contributed by atoms with Crippen LogP contribution in [0.4, 0.5) is 5.69 Å². The number of likely N-dealkylation sites (tertiary alicyclic amines) is 1. The van der Waals surface area contributed by atoms with E-state index in [4.69, 9.17) is 0 Å². The Balaban J connectivity index is 0.000000847. The Morgan fingerprint density at radius 1 is 1.23 bits per heavy atom. The fraction of sp³-hybridized carbons (Fsp3) is 0.600. The highest BCUT2D eigenvalue weighted by Gasteiger charge is 2.30. The van der Waals surface area contributed by atoms with Crippen LogP contribution in [-0.2, 0) is 0 Å². The highest BCUT2D eigenvalue weighted by atomic mass is 15.2. The summed E-state index contributed by atoms with van der Waals surface area (Å²) in [7, 11) is 0. The lowest BCUT2D eigenvalue weighted by Crippen LogP contribution is -2.30. The molecule has 2 heteroatoms. The fourth-order valence-electron chi connectivity index (χ4n) is 3.64. The molecule has 2 heterocycles. The molecule has 0 spiro atoms. The normalized spacial score (nSPS) is 20.2. The van der Waals surface area contributed by atoms with Crippen LogP contribution in [0.5, 0.6) is 0 Å². The second kappa shape index (κ2) is 7.71. The van der Waals surface area contributed by atoms with Crippen LogP contribution in [0.25, 0.3) is 0 Å². The molecular weight excluding hydrogens is 268 g/mol. The van der Waals surface area contributed by atoms with Crippen LogP contribution in [0.1, 0.15) is 58.4 Å². The molecule has 0 saturated carbocycles. The number of fused-ring (bicyclic) bond motifs is 1. The minimum Gasteiger partial charge on any atom is -0.375 e. The molecule has 2 aliphatic heterocycles. The molecule has 1 unspecified atom stereocenters. The molecule has 0 amide bonds. The van der Waals surface area contributed by atoms with Gasteiger partial charge in [0.2, 0.25) is 0 Å². The number of rotatable bonds is 4. The van der Waals surface area contributed by atoms with Crippen LogP contribution < -0.4 is 4.90 Å². The molecule has 0 aromatic heterocycles. The summed E-state index contributed by atoms with van der Waals surface area (Å²) in [5.74, 6) is 0.682. The third-order valence-electron chi connectivity index (χ3n) is 4.81. The number of nitrogens with zero attached hydrogens (tertiary/aromatic N) is 2. The first-order valence-corrected chi connectivity index (χ1v) is 8.95. The molecule has 22 heavy (non-hydrogen) atoms. The molecule has 0 aliphatic carbocycles. The van der Waals surface area contributed by atoms with Crippen molar-refractivity contribution in [1.29, 1.82) is 0 Å². The Kier molecular flexibility index (Phi) is 5.93. The largest absolute Gasteiger partial charge is 0.375 e. The van der Waals surface area contributed by atoms with Crippen molar-refractivity contribution >= 4 is 5.69 Å². The molecule has 1 aromatic rings. The van der Waals surface area contributed by atoms with Gasteiger partial charge in [0.15, 0.2) is 0 Å². The molecule has 122 valence electrons. The van der Waals surface area contributed by atoms with E-state index in [0.29, 0.717) is 12.0 Å². The topological polar surface area (TPSA) is 6.48 Å². The van der Waals surface area contributed by atoms with E-state index in [-0.39, 0.29) is 0 Å². The van der Waals surface area contributed by atoms with E-state index in [2.05, 4.69) is 54.5 Å². The van der Waals surface area contributed by atoms with Gasteiger partial charge in [-0.2, -0.15) is 0 Å². The lowest BCUT2D eigenvalue weighted by molar-refractivity contribution is 0.371. The highest BCUT2D eigenvalue weighted by Crippen LogP contribution is 2.39. The number of benzene rings is 1. The van der Waals surface area contributed by atoms with Gasteiger partial charge in [-0.3, -0.25) is 0 Å². The summed E-state index contributed by atoms with van der Waals surface area (Å²) in [5, 5.41) is 0. The number of allylic oxidation sites excluding steroid dienone is 1. The van der Waals surface area contributed by atoms with Crippen molar-refractivity contribution in [3.8, 4) is 0 Å². The first-order chi connectivity index (χ1) is 10.7. The van der Waals surface area contributed by atoms with Crippen LogP contribution in [-0.4, -0.2) is 30.6 Å². The molecule has 0 bridgehead atoms. The highest BCUT2D eigenvalue weighted by molar-refractivity contribution is 5.60. The molecule has 0 N–H and O–H groups in total. The van der Waals surface area contributed by atoms with Crippen LogP contribution in [0.2, 0.25) is 0 Å². The fourth-order valence-corrected chi connectivity index (χ4v) is 3.64. The van der Waals surface area contributed by atoms with E-state index < -0.39 is 0 Å². The van der Waals surface area contributed by atoms with Gasteiger partial charge in [-0.1, -0.05) is 38.6 Å².